The molecule has 1 aliphatic rings. The van der Waals surface area contributed by atoms with Crippen LogP contribution >= 0.6 is 0 Å². The highest BCUT2D eigenvalue weighted by molar-refractivity contribution is 7.86. The molecule has 1 fully saturated rings. The minimum atomic E-state index is -3.81. The maximum Gasteiger partial charge on any atom is 0.297 e. The lowest BCUT2D eigenvalue weighted by Gasteiger charge is -2.10. The van der Waals surface area contributed by atoms with Crippen LogP contribution < -0.4 is 0 Å². The highest BCUT2D eigenvalue weighted by Crippen LogP contribution is 2.23. The van der Waals surface area contributed by atoms with Crippen molar-refractivity contribution in [2.24, 2.45) is 0 Å². The zero-order valence-corrected chi connectivity index (χ0v) is 10.4. The summed E-state index contributed by atoms with van der Waals surface area (Å²) < 4.78 is 28.7. The third-order valence-electron chi connectivity index (χ3n) is 2.80. The van der Waals surface area contributed by atoms with Crippen molar-refractivity contribution in [1.82, 2.24) is 0 Å². The van der Waals surface area contributed by atoms with Gasteiger partial charge >= 0.3 is 0 Å². The van der Waals surface area contributed by atoms with Crippen molar-refractivity contribution in [2.45, 2.75) is 37.2 Å². The minimum absolute atomic E-state index is 0.0998. The van der Waals surface area contributed by atoms with Crippen LogP contribution in [0.4, 0.5) is 0 Å². The van der Waals surface area contributed by atoms with Gasteiger partial charge in [-0.2, -0.15) is 8.42 Å². The van der Waals surface area contributed by atoms with Gasteiger partial charge in [0, 0.05) is 6.42 Å². The lowest BCUT2D eigenvalue weighted by Crippen LogP contribution is -2.22. The quantitative estimate of drug-likeness (QED) is 0.772. The summed E-state index contributed by atoms with van der Waals surface area (Å²) in [5.41, 5.74) is 0.973. The van der Waals surface area contributed by atoms with Gasteiger partial charge in [0.2, 0.25) is 0 Å². The fourth-order valence-corrected chi connectivity index (χ4v) is 2.89. The molecule has 4 nitrogen and oxygen atoms in total. The summed E-state index contributed by atoms with van der Waals surface area (Å²) in [6.45, 7) is 1.87. The molecule has 0 spiro atoms. The molecule has 1 aliphatic carbocycles. The lowest BCUT2D eigenvalue weighted by atomic mass is 10.2. The summed E-state index contributed by atoms with van der Waals surface area (Å²) in [6, 6.07) is 6.38. The van der Waals surface area contributed by atoms with Crippen LogP contribution in [0.1, 0.15) is 24.8 Å². The van der Waals surface area contributed by atoms with Crippen LogP contribution in [0.25, 0.3) is 0 Å². The van der Waals surface area contributed by atoms with Crippen LogP contribution in [-0.2, 0) is 19.1 Å². The van der Waals surface area contributed by atoms with Crippen LogP contribution in [0.5, 0.6) is 0 Å². The molecule has 0 radical (unpaired) electrons. The first kappa shape index (κ1) is 12.3. The Hall–Kier alpha value is -1.20. The molecule has 17 heavy (non-hydrogen) atoms. The molecule has 2 rings (SSSR count). The predicted octanol–water partition coefficient (Wildman–Crippen LogP) is 1.82. The van der Waals surface area contributed by atoms with Crippen molar-refractivity contribution in [3.63, 3.8) is 0 Å². The van der Waals surface area contributed by atoms with E-state index in [-0.39, 0.29) is 10.7 Å². The average molecular weight is 254 g/mol. The van der Waals surface area contributed by atoms with E-state index in [2.05, 4.69) is 0 Å². The van der Waals surface area contributed by atoms with E-state index in [0.29, 0.717) is 19.3 Å². The Morgan fingerprint density at radius 2 is 1.88 bits per heavy atom. The summed E-state index contributed by atoms with van der Waals surface area (Å²) >= 11 is 0. The largest absolute Gasteiger partial charge is 0.297 e. The van der Waals surface area contributed by atoms with Gasteiger partial charge in [0.15, 0.2) is 5.78 Å². The molecule has 0 heterocycles. The molecule has 0 saturated heterocycles. The highest BCUT2D eigenvalue weighted by atomic mass is 32.2. The van der Waals surface area contributed by atoms with Gasteiger partial charge in [0.1, 0.15) is 6.10 Å². The molecule has 1 unspecified atom stereocenters. The fourth-order valence-electron chi connectivity index (χ4n) is 1.80. The molecule has 1 aromatic carbocycles. The molecular weight excluding hydrogens is 240 g/mol. The van der Waals surface area contributed by atoms with Gasteiger partial charge in [-0.15, -0.1) is 0 Å². The topological polar surface area (TPSA) is 60.4 Å². The second kappa shape index (κ2) is 4.58. The number of hydrogen-bond donors (Lipinski definition) is 0. The van der Waals surface area contributed by atoms with Crippen molar-refractivity contribution in [1.29, 1.82) is 0 Å². The van der Waals surface area contributed by atoms with Gasteiger partial charge in [0.05, 0.1) is 4.90 Å². The van der Waals surface area contributed by atoms with Crippen molar-refractivity contribution in [2.75, 3.05) is 0 Å². The van der Waals surface area contributed by atoms with Gasteiger partial charge in [-0.25, -0.2) is 0 Å². The van der Waals surface area contributed by atoms with E-state index in [9.17, 15) is 13.2 Å². The maximum absolute atomic E-state index is 11.9. The van der Waals surface area contributed by atoms with E-state index in [1.54, 1.807) is 12.1 Å². The smallest absolute Gasteiger partial charge is 0.297 e. The van der Waals surface area contributed by atoms with Crippen LogP contribution in [0.2, 0.25) is 0 Å². The van der Waals surface area contributed by atoms with E-state index < -0.39 is 16.2 Å². The Balaban J connectivity index is 2.19. The first-order valence-corrected chi connectivity index (χ1v) is 6.92. The second-order valence-electron chi connectivity index (χ2n) is 4.21. The first-order valence-electron chi connectivity index (χ1n) is 5.52. The molecule has 92 valence electrons. The van der Waals surface area contributed by atoms with Crippen LogP contribution in [0.15, 0.2) is 29.2 Å². The fraction of sp³-hybridized carbons (Fsp3) is 0.417. The molecule has 0 aliphatic heterocycles. The second-order valence-corrected chi connectivity index (χ2v) is 5.78. The van der Waals surface area contributed by atoms with Gasteiger partial charge in [-0.1, -0.05) is 17.7 Å². The van der Waals surface area contributed by atoms with Crippen LogP contribution in [-0.4, -0.2) is 20.3 Å². The molecule has 1 saturated carbocycles. The first-order chi connectivity index (χ1) is 7.99. The molecule has 1 aromatic rings. The number of aryl methyl sites for hydroxylation is 1. The standard InChI is InChI=1S/C12H14O4S/c1-9-5-7-10(8-6-9)17(14,15)16-12-4-2-3-11(12)13/h5-8,12H,2-4H2,1H3. The van der Waals surface area contributed by atoms with E-state index in [0.717, 1.165) is 5.56 Å². The SMILES string of the molecule is Cc1ccc(S(=O)(=O)OC2CCCC2=O)cc1. The Labute approximate surface area is 101 Å². The maximum atomic E-state index is 11.9. The number of carbonyl (C=O) groups is 1. The Kier molecular flexibility index (Phi) is 3.31. The van der Waals surface area contributed by atoms with E-state index in [1.807, 2.05) is 6.92 Å². The van der Waals surface area contributed by atoms with E-state index >= 15 is 0 Å². The molecule has 1 atom stereocenters. The Morgan fingerprint density at radius 1 is 1.24 bits per heavy atom. The zero-order chi connectivity index (χ0) is 12.5. The van der Waals surface area contributed by atoms with Crippen molar-refractivity contribution in [3.05, 3.63) is 29.8 Å². The minimum Gasteiger partial charge on any atom is -0.297 e. The average Bonchev–Trinajstić information content (AvgIpc) is 2.64. The molecule has 0 amide bonds. The van der Waals surface area contributed by atoms with E-state index in [4.69, 9.17) is 4.18 Å². The van der Waals surface area contributed by atoms with Gasteiger partial charge in [-0.3, -0.25) is 8.98 Å². The van der Waals surface area contributed by atoms with Crippen LogP contribution in [0.3, 0.4) is 0 Å². The van der Waals surface area contributed by atoms with Crippen molar-refractivity contribution < 1.29 is 17.4 Å². The normalized spacial score (nSPS) is 20.8. The molecular formula is C12H14O4S. The number of benzene rings is 1. The third kappa shape index (κ3) is 2.73. The number of ketones is 1. The van der Waals surface area contributed by atoms with Crippen molar-refractivity contribution >= 4 is 15.9 Å². The summed E-state index contributed by atoms with van der Waals surface area (Å²) in [4.78, 5) is 11.4. The van der Waals surface area contributed by atoms with Crippen molar-refractivity contribution in [3.8, 4) is 0 Å². The molecule has 0 bridgehead atoms. The number of rotatable bonds is 3. The predicted molar refractivity (Wildman–Crippen MR) is 62.1 cm³/mol. The van der Waals surface area contributed by atoms with Gasteiger partial charge < -0.3 is 0 Å². The van der Waals surface area contributed by atoms with Crippen LogP contribution in [0, 0.1) is 6.92 Å². The molecule has 0 aromatic heterocycles. The van der Waals surface area contributed by atoms with E-state index in [1.165, 1.54) is 12.1 Å². The molecule has 5 heteroatoms. The number of Topliss-reactive ketones (excluding diaryl/α,β-unsaturated/α-hetero) is 1. The summed E-state index contributed by atoms with van der Waals surface area (Å²) in [6.07, 6.45) is 0.812. The molecule has 0 N–H and O–H groups in total. The zero-order valence-electron chi connectivity index (χ0n) is 9.55. The third-order valence-corrected chi connectivity index (χ3v) is 4.14. The highest BCUT2D eigenvalue weighted by Gasteiger charge is 2.30. The number of hydrogen-bond acceptors (Lipinski definition) is 4. The monoisotopic (exact) mass is 254 g/mol. The van der Waals surface area contributed by atoms with Gasteiger partial charge in [0.25, 0.3) is 10.1 Å². The summed E-state index contributed by atoms with van der Waals surface area (Å²) in [7, 11) is -3.81. The lowest BCUT2D eigenvalue weighted by molar-refractivity contribution is -0.123. The van der Waals surface area contributed by atoms with Gasteiger partial charge in [-0.05, 0) is 31.9 Å². The Bertz CT molecular complexity index is 516. The number of carbonyl (C=O) groups excluding carboxylic acids is 1. The Morgan fingerprint density at radius 3 is 2.41 bits per heavy atom. The summed E-state index contributed by atoms with van der Waals surface area (Å²) in [5, 5.41) is 0. The summed E-state index contributed by atoms with van der Waals surface area (Å²) in [5.74, 6) is -0.124.